The summed E-state index contributed by atoms with van der Waals surface area (Å²) in [4.78, 5) is 4.70. The lowest BCUT2D eigenvalue weighted by molar-refractivity contribution is 0.189. The van der Waals surface area contributed by atoms with Gasteiger partial charge in [0.1, 0.15) is 0 Å². The topological polar surface area (TPSA) is 84.5 Å². The third-order valence-corrected chi connectivity index (χ3v) is 14.0. The van der Waals surface area contributed by atoms with Gasteiger partial charge in [-0.3, -0.25) is 0 Å². The number of sulfonamides is 1. The first kappa shape index (κ1) is 36.0. The summed E-state index contributed by atoms with van der Waals surface area (Å²) in [6, 6.07) is 17.4. The van der Waals surface area contributed by atoms with Gasteiger partial charge in [-0.25, -0.2) is 8.42 Å². The van der Waals surface area contributed by atoms with Crippen molar-refractivity contribution in [3.05, 3.63) is 72.3 Å². The van der Waals surface area contributed by atoms with Crippen molar-refractivity contribution in [1.29, 1.82) is 0 Å². The molecule has 1 saturated heterocycles. The fourth-order valence-corrected chi connectivity index (χ4v) is 10.4. The molecule has 11 heteroatoms. The summed E-state index contributed by atoms with van der Waals surface area (Å²) in [5.41, 5.74) is 2.22. The summed E-state index contributed by atoms with van der Waals surface area (Å²) in [6.45, 7) is 4.92. The van der Waals surface area contributed by atoms with Crippen LogP contribution < -0.4 is 4.90 Å². The van der Waals surface area contributed by atoms with Crippen LogP contribution in [0.2, 0.25) is 0 Å². The first-order valence-electron chi connectivity index (χ1n) is 17.6. The maximum absolute atomic E-state index is 14.0. The van der Waals surface area contributed by atoms with E-state index < -0.39 is 20.2 Å². The van der Waals surface area contributed by atoms with Crippen molar-refractivity contribution in [3.63, 3.8) is 0 Å². The van der Waals surface area contributed by atoms with Crippen LogP contribution in [-0.2, 0) is 20.2 Å². The van der Waals surface area contributed by atoms with E-state index in [4.69, 9.17) is 0 Å². The van der Waals surface area contributed by atoms with E-state index in [2.05, 4.69) is 17.0 Å². The average Bonchev–Trinajstić information content (AvgIpc) is 3.11. The summed E-state index contributed by atoms with van der Waals surface area (Å²) >= 11 is 0. The van der Waals surface area contributed by atoms with Gasteiger partial charge in [-0.1, -0.05) is 61.7 Å². The standard InChI is InChI=1S/C36H55N5O4S2/c1-37(2)35-17-19-36(20-18-35)46(42,43)39-25-9-10-26-40(28-12-24-38(23-11-27-39)31-32-13-5-3-6-14-32)47(44,45)41-29-21-34(22-30-41)33-15-7-4-8-16-33/h4,7-10,15-20,32,34H,3,5-6,11-14,21-31H2,1-2H3/b10-9+. The monoisotopic (exact) mass is 685 g/mol. The first-order valence-corrected chi connectivity index (χ1v) is 20.4. The van der Waals surface area contributed by atoms with Crippen LogP contribution in [0, 0.1) is 5.92 Å². The van der Waals surface area contributed by atoms with Gasteiger partial charge in [-0.2, -0.15) is 21.3 Å². The third-order valence-electron chi connectivity index (χ3n) is 10.2. The molecule has 3 aliphatic rings. The molecule has 47 heavy (non-hydrogen) atoms. The van der Waals surface area contributed by atoms with E-state index in [9.17, 15) is 16.8 Å². The summed E-state index contributed by atoms with van der Waals surface area (Å²) in [7, 11) is -3.53. The Morgan fingerprint density at radius 3 is 1.85 bits per heavy atom. The number of nitrogens with zero attached hydrogens (tertiary/aromatic N) is 5. The van der Waals surface area contributed by atoms with Crippen molar-refractivity contribution in [3.8, 4) is 0 Å². The number of benzene rings is 2. The van der Waals surface area contributed by atoms with Crippen LogP contribution in [-0.4, -0.2) is 108 Å². The first-order chi connectivity index (χ1) is 22.6. The molecule has 260 valence electrons. The second kappa shape index (κ2) is 16.9. The van der Waals surface area contributed by atoms with Crippen molar-refractivity contribution in [2.75, 3.05) is 77.9 Å². The van der Waals surface area contributed by atoms with E-state index in [0.717, 1.165) is 51.0 Å². The Bertz CT molecular complexity index is 1490. The highest BCUT2D eigenvalue weighted by molar-refractivity contribution is 7.89. The number of piperidine rings is 1. The molecule has 2 aliphatic heterocycles. The second-order valence-electron chi connectivity index (χ2n) is 13.7. The minimum Gasteiger partial charge on any atom is -0.378 e. The summed E-state index contributed by atoms with van der Waals surface area (Å²) in [5, 5.41) is 0. The molecule has 2 aromatic carbocycles. The van der Waals surface area contributed by atoms with Crippen molar-refractivity contribution >= 4 is 25.9 Å². The lowest BCUT2D eigenvalue weighted by atomic mass is 9.89. The maximum Gasteiger partial charge on any atom is 0.282 e. The number of hydrogen-bond donors (Lipinski definition) is 0. The zero-order chi connectivity index (χ0) is 33.3. The molecule has 0 amide bonds. The molecule has 9 nitrogen and oxygen atoms in total. The van der Waals surface area contributed by atoms with Crippen LogP contribution in [0.25, 0.3) is 0 Å². The van der Waals surface area contributed by atoms with Crippen LogP contribution in [0.4, 0.5) is 5.69 Å². The van der Waals surface area contributed by atoms with E-state index in [0.29, 0.717) is 38.0 Å². The van der Waals surface area contributed by atoms with Crippen molar-refractivity contribution in [2.24, 2.45) is 5.92 Å². The predicted molar refractivity (Wildman–Crippen MR) is 191 cm³/mol. The Labute approximate surface area is 284 Å². The zero-order valence-corrected chi connectivity index (χ0v) is 30.1. The van der Waals surface area contributed by atoms with Gasteiger partial charge in [0.25, 0.3) is 10.2 Å². The van der Waals surface area contributed by atoms with Crippen LogP contribution in [0.15, 0.2) is 71.6 Å². The van der Waals surface area contributed by atoms with Crippen molar-refractivity contribution in [2.45, 2.75) is 68.6 Å². The second-order valence-corrected chi connectivity index (χ2v) is 17.6. The van der Waals surface area contributed by atoms with E-state index in [1.165, 1.54) is 37.7 Å². The molecule has 2 fully saturated rings. The minimum absolute atomic E-state index is 0.205. The van der Waals surface area contributed by atoms with Gasteiger partial charge in [0.15, 0.2) is 0 Å². The van der Waals surface area contributed by atoms with Crippen LogP contribution in [0.1, 0.15) is 69.3 Å². The van der Waals surface area contributed by atoms with Crippen LogP contribution in [0.3, 0.4) is 0 Å². The van der Waals surface area contributed by atoms with Gasteiger partial charge >= 0.3 is 0 Å². The fourth-order valence-electron chi connectivity index (χ4n) is 7.34. The van der Waals surface area contributed by atoms with E-state index in [1.54, 1.807) is 25.0 Å². The summed E-state index contributed by atoms with van der Waals surface area (Å²) < 4.78 is 60.6. The van der Waals surface area contributed by atoms with E-state index in [1.807, 2.05) is 61.5 Å². The van der Waals surface area contributed by atoms with E-state index in [-0.39, 0.29) is 18.0 Å². The quantitative estimate of drug-likeness (QED) is 0.346. The molecule has 0 spiro atoms. The van der Waals surface area contributed by atoms with Crippen LogP contribution >= 0.6 is 0 Å². The SMILES string of the molecule is CN(C)c1ccc(S(=O)(=O)N2C/C=C/CN(S(=O)(=O)N3CCC(c4ccccc4)CC3)CCCN(CC3CCCCC3)CCC2)cc1. The Morgan fingerprint density at radius 2 is 1.23 bits per heavy atom. The number of hydrogen-bond acceptors (Lipinski definition) is 6. The normalized spacial score (nSPS) is 22.6. The highest BCUT2D eigenvalue weighted by Gasteiger charge is 2.33. The van der Waals surface area contributed by atoms with E-state index >= 15 is 0 Å². The molecular weight excluding hydrogens is 631 g/mol. The highest BCUT2D eigenvalue weighted by Crippen LogP contribution is 2.30. The molecule has 1 aliphatic carbocycles. The molecule has 0 bridgehead atoms. The molecule has 2 aromatic rings. The molecule has 2 heterocycles. The highest BCUT2D eigenvalue weighted by atomic mass is 32.2. The fraction of sp³-hybridized carbons (Fsp3) is 0.611. The third kappa shape index (κ3) is 9.67. The predicted octanol–water partition coefficient (Wildman–Crippen LogP) is 5.40. The molecule has 0 atom stereocenters. The van der Waals surface area contributed by atoms with Crippen molar-refractivity contribution in [1.82, 2.24) is 17.8 Å². The average molecular weight is 686 g/mol. The van der Waals surface area contributed by atoms with Gasteiger partial charge < -0.3 is 9.80 Å². The number of rotatable bonds is 8. The van der Waals surface area contributed by atoms with Gasteiger partial charge in [-0.15, -0.1) is 0 Å². The van der Waals surface area contributed by atoms with Crippen LogP contribution in [0.5, 0.6) is 0 Å². The Kier molecular flexibility index (Phi) is 12.9. The zero-order valence-electron chi connectivity index (χ0n) is 28.4. The number of anilines is 1. The van der Waals surface area contributed by atoms with Gasteiger partial charge in [-0.05, 0) is 93.3 Å². The molecular formula is C36H55N5O4S2. The molecule has 5 rings (SSSR count). The van der Waals surface area contributed by atoms with Crippen molar-refractivity contribution < 1.29 is 16.8 Å². The lowest BCUT2D eigenvalue weighted by Crippen LogP contribution is -2.47. The van der Waals surface area contributed by atoms with Gasteiger partial charge in [0, 0.05) is 65.6 Å². The summed E-state index contributed by atoms with van der Waals surface area (Å²) in [6.07, 6.45) is 13.1. The molecule has 0 unspecified atom stereocenters. The smallest absolute Gasteiger partial charge is 0.282 e. The Morgan fingerprint density at radius 1 is 0.638 bits per heavy atom. The molecule has 1 saturated carbocycles. The molecule has 0 radical (unpaired) electrons. The molecule has 0 aromatic heterocycles. The lowest BCUT2D eigenvalue weighted by Gasteiger charge is -2.35. The minimum atomic E-state index is -3.73. The Hall–Kier alpha value is -2.28. The maximum atomic E-state index is 14.0. The van der Waals surface area contributed by atoms with Gasteiger partial charge in [0.05, 0.1) is 4.90 Å². The molecule has 0 N–H and O–H groups in total. The summed E-state index contributed by atoms with van der Waals surface area (Å²) in [5.74, 6) is 1.03. The largest absolute Gasteiger partial charge is 0.378 e. The van der Waals surface area contributed by atoms with Gasteiger partial charge in [0.2, 0.25) is 10.0 Å². The Balaban J connectivity index is 1.32.